The Balaban J connectivity index is 3.09. The third-order valence-corrected chi connectivity index (χ3v) is 1.89. The zero-order valence-electron chi connectivity index (χ0n) is 5.96. The molecule has 0 aliphatic rings. The van der Waals surface area contributed by atoms with E-state index in [4.69, 9.17) is 5.73 Å². The van der Waals surface area contributed by atoms with E-state index in [1.165, 1.54) is 0 Å². The maximum atomic E-state index is 5.51. The Labute approximate surface area is 64.0 Å². The number of nitrogen functional groups attached to an aromatic ring is 1. The Kier molecular flexibility index (Phi) is 2.11. The molecule has 3 nitrogen and oxygen atoms in total. The van der Waals surface area contributed by atoms with Crippen LogP contribution in [-0.4, -0.2) is 16.5 Å². The van der Waals surface area contributed by atoms with Crippen LogP contribution in [0.25, 0.3) is 0 Å². The highest BCUT2D eigenvalue weighted by Crippen LogP contribution is 2.19. The first kappa shape index (κ1) is 7.34. The van der Waals surface area contributed by atoms with Gasteiger partial charge in [0.05, 0.1) is 10.6 Å². The minimum atomic E-state index is 0.512. The fourth-order valence-corrected chi connectivity index (χ4v) is 1.18. The molecule has 2 N–H and O–H groups in total. The molecule has 0 atom stereocenters. The summed E-state index contributed by atoms with van der Waals surface area (Å²) >= 11 is 1.58. The van der Waals surface area contributed by atoms with Gasteiger partial charge in [0.25, 0.3) is 0 Å². The quantitative estimate of drug-likeness (QED) is 0.617. The molecule has 1 heterocycles. The van der Waals surface area contributed by atoms with Crippen LogP contribution < -0.4 is 5.73 Å². The summed E-state index contributed by atoms with van der Waals surface area (Å²) < 4.78 is 0. The van der Waals surface area contributed by atoms with Gasteiger partial charge in [-0.15, -0.1) is 16.9 Å². The van der Waals surface area contributed by atoms with Crippen LogP contribution in [0.4, 0.5) is 5.82 Å². The summed E-state index contributed by atoms with van der Waals surface area (Å²) in [5, 5.41) is 7.56. The number of aromatic nitrogens is 2. The molecule has 0 radical (unpaired) electrons. The minimum Gasteiger partial charge on any atom is -0.381 e. The lowest BCUT2D eigenvalue weighted by atomic mass is 10.4. The average molecular weight is 155 g/mol. The minimum absolute atomic E-state index is 0.512. The van der Waals surface area contributed by atoms with E-state index < -0.39 is 0 Å². The first-order valence-electron chi connectivity index (χ1n) is 2.88. The molecular formula is C6H9N3S. The molecule has 0 amide bonds. The van der Waals surface area contributed by atoms with Crippen LogP contribution in [0.15, 0.2) is 11.0 Å². The SMILES string of the molecule is CSc1cc(C)nnc1N. The predicted octanol–water partition coefficient (Wildman–Crippen LogP) is 1.09. The lowest BCUT2D eigenvalue weighted by Gasteiger charge is -1.98. The molecule has 1 aromatic rings. The number of hydrogen-bond acceptors (Lipinski definition) is 4. The van der Waals surface area contributed by atoms with Gasteiger partial charge in [-0.05, 0) is 19.2 Å². The zero-order valence-corrected chi connectivity index (χ0v) is 6.77. The second kappa shape index (κ2) is 2.88. The van der Waals surface area contributed by atoms with E-state index in [9.17, 15) is 0 Å². The number of nitrogens with zero attached hydrogens (tertiary/aromatic N) is 2. The van der Waals surface area contributed by atoms with Crippen molar-refractivity contribution in [3.63, 3.8) is 0 Å². The summed E-state index contributed by atoms with van der Waals surface area (Å²) in [7, 11) is 0. The zero-order chi connectivity index (χ0) is 7.56. The number of rotatable bonds is 1. The van der Waals surface area contributed by atoms with Crippen molar-refractivity contribution >= 4 is 17.6 Å². The summed E-state index contributed by atoms with van der Waals surface area (Å²) in [4.78, 5) is 0.993. The summed E-state index contributed by atoms with van der Waals surface area (Å²) in [6, 6.07) is 1.92. The maximum absolute atomic E-state index is 5.51. The molecule has 0 saturated carbocycles. The summed E-state index contributed by atoms with van der Waals surface area (Å²) in [5.74, 6) is 0.512. The monoisotopic (exact) mass is 155 g/mol. The highest BCUT2D eigenvalue weighted by molar-refractivity contribution is 7.98. The van der Waals surface area contributed by atoms with E-state index in [1.807, 2.05) is 19.2 Å². The van der Waals surface area contributed by atoms with Crippen LogP contribution in [0, 0.1) is 6.92 Å². The van der Waals surface area contributed by atoms with Crippen molar-refractivity contribution < 1.29 is 0 Å². The van der Waals surface area contributed by atoms with E-state index in [0.29, 0.717) is 5.82 Å². The van der Waals surface area contributed by atoms with Crippen LogP contribution >= 0.6 is 11.8 Å². The molecule has 0 unspecified atom stereocenters. The third-order valence-electron chi connectivity index (χ3n) is 1.13. The first-order valence-corrected chi connectivity index (χ1v) is 4.10. The topological polar surface area (TPSA) is 51.8 Å². The Bertz CT molecular complexity index is 236. The van der Waals surface area contributed by atoms with Gasteiger partial charge in [0.1, 0.15) is 0 Å². The predicted molar refractivity (Wildman–Crippen MR) is 43.0 cm³/mol. The molecule has 0 fully saturated rings. The van der Waals surface area contributed by atoms with Crippen molar-refractivity contribution in [3.05, 3.63) is 11.8 Å². The number of hydrogen-bond donors (Lipinski definition) is 1. The maximum Gasteiger partial charge on any atom is 0.159 e. The van der Waals surface area contributed by atoms with Crippen LogP contribution in [0.5, 0.6) is 0 Å². The first-order chi connectivity index (χ1) is 4.74. The van der Waals surface area contributed by atoms with Gasteiger partial charge in [-0.25, -0.2) is 0 Å². The van der Waals surface area contributed by atoms with Crippen LogP contribution in [0.2, 0.25) is 0 Å². The van der Waals surface area contributed by atoms with Crippen molar-refractivity contribution in [1.82, 2.24) is 10.2 Å². The van der Waals surface area contributed by atoms with Crippen molar-refractivity contribution in [2.75, 3.05) is 12.0 Å². The lowest BCUT2D eigenvalue weighted by molar-refractivity contribution is 0.963. The lowest BCUT2D eigenvalue weighted by Crippen LogP contribution is -1.96. The molecule has 1 rings (SSSR count). The number of anilines is 1. The summed E-state index contributed by atoms with van der Waals surface area (Å²) in [5.41, 5.74) is 6.41. The van der Waals surface area contributed by atoms with Gasteiger partial charge in [-0.1, -0.05) is 0 Å². The Morgan fingerprint density at radius 3 is 2.70 bits per heavy atom. The normalized spacial score (nSPS) is 9.80. The number of nitrogens with two attached hydrogens (primary N) is 1. The standard InChI is InChI=1S/C6H9N3S/c1-4-3-5(10-2)6(7)9-8-4/h3H,1-2H3,(H2,7,9). The summed E-state index contributed by atoms with van der Waals surface area (Å²) in [6.07, 6.45) is 1.97. The summed E-state index contributed by atoms with van der Waals surface area (Å²) in [6.45, 7) is 1.90. The highest BCUT2D eigenvalue weighted by atomic mass is 32.2. The second-order valence-corrected chi connectivity index (χ2v) is 2.79. The fraction of sp³-hybridized carbons (Fsp3) is 0.333. The van der Waals surface area contributed by atoms with E-state index in [2.05, 4.69) is 10.2 Å². The fourth-order valence-electron chi connectivity index (χ4n) is 0.638. The van der Waals surface area contributed by atoms with Gasteiger partial charge in [-0.3, -0.25) is 0 Å². The van der Waals surface area contributed by atoms with Crippen molar-refractivity contribution in [3.8, 4) is 0 Å². The second-order valence-electron chi connectivity index (χ2n) is 1.94. The van der Waals surface area contributed by atoms with Gasteiger partial charge in [0.2, 0.25) is 0 Å². The molecular weight excluding hydrogens is 146 g/mol. The number of aryl methyl sites for hydroxylation is 1. The Hall–Kier alpha value is -0.770. The molecule has 10 heavy (non-hydrogen) atoms. The molecule has 0 aromatic carbocycles. The largest absolute Gasteiger partial charge is 0.381 e. The van der Waals surface area contributed by atoms with Gasteiger partial charge in [0, 0.05) is 0 Å². The van der Waals surface area contributed by atoms with Crippen LogP contribution in [0.3, 0.4) is 0 Å². The molecule has 54 valence electrons. The molecule has 1 aromatic heterocycles. The molecule has 0 spiro atoms. The Morgan fingerprint density at radius 2 is 2.20 bits per heavy atom. The molecule has 0 bridgehead atoms. The molecule has 0 saturated heterocycles. The Morgan fingerprint density at radius 1 is 1.50 bits per heavy atom. The van der Waals surface area contributed by atoms with Gasteiger partial charge >= 0.3 is 0 Å². The van der Waals surface area contributed by atoms with Crippen molar-refractivity contribution in [2.24, 2.45) is 0 Å². The molecule has 0 aliphatic carbocycles. The number of thioether (sulfide) groups is 1. The molecule has 4 heteroatoms. The van der Waals surface area contributed by atoms with Gasteiger partial charge in [-0.2, -0.15) is 5.10 Å². The van der Waals surface area contributed by atoms with E-state index in [1.54, 1.807) is 11.8 Å². The third kappa shape index (κ3) is 1.39. The van der Waals surface area contributed by atoms with Crippen molar-refractivity contribution in [1.29, 1.82) is 0 Å². The molecule has 0 aliphatic heterocycles. The van der Waals surface area contributed by atoms with Crippen LogP contribution in [-0.2, 0) is 0 Å². The van der Waals surface area contributed by atoms with Crippen molar-refractivity contribution in [2.45, 2.75) is 11.8 Å². The smallest absolute Gasteiger partial charge is 0.159 e. The van der Waals surface area contributed by atoms with Crippen LogP contribution in [0.1, 0.15) is 5.69 Å². The van der Waals surface area contributed by atoms with Gasteiger partial charge in [0.15, 0.2) is 5.82 Å². The van der Waals surface area contributed by atoms with E-state index in [0.717, 1.165) is 10.6 Å². The average Bonchev–Trinajstić information content (AvgIpc) is 1.94. The van der Waals surface area contributed by atoms with Gasteiger partial charge < -0.3 is 5.73 Å². The highest BCUT2D eigenvalue weighted by Gasteiger charge is 1.98. The van der Waals surface area contributed by atoms with E-state index >= 15 is 0 Å². The van der Waals surface area contributed by atoms with E-state index in [-0.39, 0.29) is 0 Å².